The molecule has 0 bridgehead atoms. The Bertz CT molecular complexity index is 1040. The summed E-state index contributed by atoms with van der Waals surface area (Å²) in [7, 11) is 1.73. The molecule has 7 nitrogen and oxygen atoms in total. The molecule has 0 radical (unpaired) electrons. The van der Waals surface area contributed by atoms with Crippen molar-refractivity contribution in [3.05, 3.63) is 53.9 Å². The predicted molar refractivity (Wildman–Crippen MR) is 138 cm³/mol. The van der Waals surface area contributed by atoms with Crippen LogP contribution in [0.1, 0.15) is 43.4 Å². The Balaban J connectivity index is 1.14. The number of hydrogen-bond donors (Lipinski definition) is 1. The number of hydrogen-bond acceptors (Lipinski definition) is 7. The Morgan fingerprint density at radius 2 is 1.76 bits per heavy atom. The van der Waals surface area contributed by atoms with Crippen LogP contribution in [0.5, 0.6) is 5.75 Å². The van der Waals surface area contributed by atoms with E-state index >= 15 is 0 Å². The summed E-state index contributed by atoms with van der Waals surface area (Å²) in [5.41, 5.74) is 2.43. The lowest BCUT2D eigenvalue weighted by atomic mass is 9.94. The minimum Gasteiger partial charge on any atom is -0.496 e. The van der Waals surface area contributed by atoms with E-state index in [1.54, 1.807) is 18.4 Å². The maximum Gasteiger partial charge on any atom is 0.218 e. The molecule has 1 aromatic carbocycles. The summed E-state index contributed by atoms with van der Waals surface area (Å²) in [5, 5.41) is 14.6. The van der Waals surface area contributed by atoms with Crippen LogP contribution in [0.2, 0.25) is 0 Å². The monoisotopic (exact) mass is 480 g/mol. The van der Waals surface area contributed by atoms with Gasteiger partial charge < -0.3 is 15.0 Å². The highest BCUT2D eigenvalue weighted by molar-refractivity contribution is 7.17. The average molecular weight is 481 g/mol. The zero-order chi connectivity index (χ0) is 23.2. The number of methoxy groups -OCH3 is 1. The maximum absolute atomic E-state index is 5.46. The van der Waals surface area contributed by atoms with Gasteiger partial charge in [-0.1, -0.05) is 48.8 Å². The van der Waals surface area contributed by atoms with Crippen molar-refractivity contribution in [2.75, 3.05) is 44.7 Å². The van der Waals surface area contributed by atoms with Crippen LogP contribution in [0, 0.1) is 0 Å². The summed E-state index contributed by atoms with van der Waals surface area (Å²) in [4.78, 5) is 5.12. The van der Waals surface area contributed by atoms with E-state index in [1.807, 2.05) is 12.1 Å². The third kappa shape index (κ3) is 5.45. The summed E-state index contributed by atoms with van der Waals surface area (Å²) in [5.74, 6) is 0.952. The Labute approximate surface area is 206 Å². The molecule has 2 aliphatic rings. The van der Waals surface area contributed by atoms with Gasteiger partial charge in [0.15, 0.2) is 0 Å². The number of benzene rings is 1. The fourth-order valence-electron chi connectivity index (χ4n) is 5.25. The standard InChI is InChI=1S/C26H36N6OS/c1-33-24-12-6-5-8-21(24)13-14-27-20-23-11-7-15-32(23)26-29-28-25(34-26)31-18-16-30(17-19-31)22-9-3-2-4-10-22/h5-8,11-12,15,22,27H,2-4,9-10,13-14,16-20H2,1H3. The number of ether oxygens (including phenoxy) is 1. The molecule has 1 aliphatic carbocycles. The van der Waals surface area contributed by atoms with E-state index in [0.29, 0.717) is 0 Å². The Morgan fingerprint density at radius 1 is 0.971 bits per heavy atom. The second-order valence-corrected chi connectivity index (χ2v) is 10.2. The fraction of sp³-hybridized carbons (Fsp3) is 0.538. The summed E-state index contributed by atoms with van der Waals surface area (Å²) in [6.07, 6.45) is 10.0. The molecule has 2 fully saturated rings. The fourth-order valence-corrected chi connectivity index (χ4v) is 6.17. The van der Waals surface area contributed by atoms with Crippen molar-refractivity contribution in [3.63, 3.8) is 0 Å². The molecule has 1 aliphatic heterocycles. The maximum atomic E-state index is 5.46. The molecule has 3 heterocycles. The van der Waals surface area contributed by atoms with Crippen LogP contribution >= 0.6 is 11.3 Å². The first-order valence-electron chi connectivity index (χ1n) is 12.6. The van der Waals surface area contributed by atoms with Crippen molar-refractivity contribution >= 4 is 16.5 Å². The molecule has 34 heavy (non-hydrogen) atoms. The zero-order valence-electron chi connectivity index (χ0n) is 20.2. The first-order valence-corrected chi connectivity index (χ1v) is 13.4. The van der Waals surface area contributed by atoms with E-state index in [9.17, 15) is 0 Å². The second-order valence-electron chi connectivity index (χ2n) is 9.29. The van der Waals surface area contributed by atoms with Crippen LogP contribution < -0.4 is 15.0 Å². The molecule has 2 aromatic heterocycles. The minimum atomic E-state index is 0.789. The molecule has 0 spiro atoms. The molecule has 0 amide bonds. The Kier molecular flexibility index (Phi) is 7.78. The van der Waals surface area contributed by atoms with E-state index < -0.39 is 0 Å². The van der Waals surface area contributed by atoms with Gasteiger partial charge in [0, 0.05) is 50.7 Å². The van der Waals surface area contributed by atoms with Crippen LogP contribution in [0.15, 0.2) is 42.6 Å². The molecule has 0 unspecified atom stereocenters. The largest absolute Gasteiger partial charge is 0.496 e. The van der Waals surface area contributed by atoms with Crippen LogP contribution in [-0.4, -0.2) is 65.5 Å². The van der Waals surface area contributed by atoms with Gasteiger partial charge in [0.05, 0.1) is 7.11 Å². The highest BCUT2D eigenvalue weighted by Gasteiger charge is 2.26. The van der Waals surface area contributed by atoms with Crippen LogP contribution in [0.25, 0.3) is 5.13 Å². The van der Waals surface area contributed by atoms with Crippen molar-refractivity contribution in [1.29, 1.82) is 0 Å². The number of nitrogens with one attached hydrogen (secondary N) is 1. The van der Waals surface area contributed by atoms with E-state index in [0.717, 1.165) is 67.7 Å². The van der Waals surface area contributed by atoms with Crippen LogP contribution in [-0.2, 0) is 13.0 Å². The van der Waals surface area contributed by atoms with Crippen molar-refractivity contribution in [3.8, 4) is 10.9 Å². The van der Waals surface area contributed by atoms with Gasteiger partial charge in [-0.25, -0.2) is 0 Å². The molecule has 182 valence electrons. The lowest BCUT2D eigenvalue weighted by Gasteiger charge is -2.40. The zero-order valence-corrected chi connectivity index (χ0v) is 21.0. The van der Waals surface area contributed by atoms with Gasteiger partial charge in [0.25, 0.3) is 0 Å². The van der Waals surface area contributed by atoms with Gasteiger partial charge in [-0.2, -0.15) is 0 Å². The number of nitrogens with zero attached hydrogens (tertiary/aromatic N) is 5. The molecule has 8 heteroatoms. The summed E-state index contributed by atoms with van der Waals surface area (Å²) in [6, 6.07) is 13.3. The van der Waals surface area contributed by atoms with Gasteiger partial charge in [-0.15, -0.1) is 10.2 Å². The number of rotatable bonds is 9. The quantitative estimate of drug-likeness (QED) is 0.465. The van der Waals surface area contributed by atoms with E-state index in [1.165, 1.54) is 43.4 Å². The number of anilines is 1. The normalized spacial score (nSPS) is 17.9. The molecular weight excluding hydrogens is 444 g/mol. The SMILES string of the molecule is COc1ccccc1CCNCc1cccn1-c1nnc(N2CCN(C3CCCCC3)CC2)s1. The number of piperazine rings is 1. The third-order valence-corrected chi connectivity index (χ3v) is 8.17. The molecule has 5 rings (SSSR count). The van der Waals surface area contributed by atoms with Crippen LogP contribution in [0.3, 0.4) is 0 Å². The smallest absolute Gasteiger partial charge is 0.218 e. The van der Waals surface area contributed by atoms with Gasteiger partial charge in [-0.05, 0) is 49.6 Å². The first kappa shape index (κ1) is 23.3. The third-order valence-electron chi connectivity index (χ3n) is 7.19. The summed E-state index contributed by atoms with van der Waals surface area (Å²) < 4.78 is 7.62. The van der Waals surface area contributed by atoms with Crippen molar-refractivity contribution in [2.24, 2.45) is 0 Å². The van der Waals surface area contributed by atoms with Gasteiger partial charge >= 0.3 is 0 Å². The lowest BCUT2D eigenvalue weighted by Crippen LogP contribution is -2.50. The number of aromatic nitrogens is 3. The number of para-hydroxylation sites is 1. The van der Waals surface area contributed by atoms with E-state index in [4.69, 9.17) is 4.74 Å². The molecular formula is C26H36N6OS. The van der Waals surface area contributed by atoms with Crippen molar-refractivity contribution < 1.29 is 4.74 Å². The van der Waals surface area contributed by atoms with Crippen molar-refractivity contribution in [2.45, 2.75) is 51.1 Å². The summed E-state index contributed by atoms with van der Waals surface area (Å²) >= 11 is 1.69. The van der Waals surface area contributed by atoms with Gasteiger partial charge in [-0.3, -0.25) is 9.47 Å². The highest BCUT2D eigenvalue weighted by atomic mass is 32.1. The Hall–Kier alpha value is -2.42. The molecule has 3 aromatic rings. The van der Waals surface area contributed by atoms with Gasteiger partial charge in [0.1, 0.15) is 5.75 Å². The average Bonchev–Trinajstić information content (AvgIpc) is 3.57. The van der Waals surface area contributed by atoms with E-state index in [-0.39, 0.29) is 0 Å². The van der Waals surface area contributed by atoms with Gasteiger partial charge in [0.2, 0.25) is 10.3 Å². The molecule has 1 saturated carbocycles. The minimum absolute atomic E-state index is 0.789. The molecule has 1 saturated heterocycles. The lowest BCUT2D eigenvalue weighted by molar-refractivity contribution is 0.148. The summed E-state index contributed by atoms with van der Waals surface area (Å²) in [6.45, 7) is 6.06. The highest BCUT2D eigenvalue weighted by Crippen LogP contribution is 2.28. The van der Waals surface area contributed by atoms with Crippen molar-refractivity contribution in [1.82, 2.24) is 25.0 Å². The van der Waals surface area contributed by atoms with Crippen LogP contribution in [0.4, 0.5) is 5.13 Å². The van der Waals surface area contributed by atoms with E-state index in [2.05, 4.69) is 60.3 Å². The second kappa shape index (κ2) is 11.3. The molecule has 0 atom stereocenters. The first-order chi connectivity index (χ1) is 16.8. The predicted octanol–water partition coefficient (Wildman–Crippen LogP) is 4.12. The Morgan fingerprint density at radius 3 is 2.59 bits per heavy atom. The topological polar surface area (TPSA) is 58.5 Å². The molecule has 1 N–H and O–H groups in total.